The van der Waals surface area contributed by atoms with Crippen molar-refractivity contribution in [1.82, 2.24) is 4.98 Å². The summed E-state index contributed by atoms with van der Waals surface area (Å²) in [7, 11) is 0. The molecule has 0 saturated heterocycles. The topological polar surface area (TPSA) is 81.2 Å². The second kappa shape index (κ2) is 6.41. The van der Waals surface area contributed by atoms with E-state index in [1.54, 1.807) is 36.4 Å². The standard InChI is InChI=1S/C19H11Cl2N3O2/c20-11-2-3-15(21)13(6-11)16-7-12(14(8-22)19(23)24-16)10-1-4-17-18(5-10)26-9-25-17/h1-7H,9H2,(H2,23,24). The van der Waals surface area contributed by atoms with E-state index in [2.05, 4.69) is 11.1 Å². The van der Waals surface area contributed by atoms with Crippen LogP contribution in [0.3, 0.4) is 0 Å². The molecule has 1 aliphatic heterocycles. The van der Waals surface area contributed by atoms with Gasteiger partial charge in [-0.25, -0.2) is 4.98 Å². The van der Waals surface area contributed by atoms with E-state index in [-0.39, 0.29) is 18.2 Å². The van der Waals surface area contributed by atoms with Gasteiger partial charge in [0.2, 0.25) is 6.79 Å². The number of anilines is 1. The molecule has 0 spiro atoms. The number of hydrogen-bond donors (Lipinski definition) is 1. The number of nitrogen functional groups attached to an aromatic ring is 1. The molecule has 0 saturated carbocycles. The predicted molar refractivity (Wildman–Crippen MR) is 100 cm³/mol. The summed E-state index contributed by atoms with van der Waals surface area (Å²) in [4.78, 5) is 4.33. The molecule has 0 radical (unpaired) electrons. The molecule has 0 bridgehead atoms. The van der Waals surface area contributed by atoms with E-state index in [9.17, 15) is 5.26 Å². The second-order valence-corrected chi connectivity index (χ2v) is 6.46. The van der Waals surface area contributed by atoms with Crippen molar-refractivity contribution in [1.29, 1.82) is 5.26 Å². The van der Waals surface area contributed by atoms with Gasteiger partial charge in [-0.2, -0.15) is 5.26 Å². The highest BCUT2D eigenvalue weighted by Crippen LogP contribution is 2.39. The number of nitrogens with two attached hydrogens (primary N) is 1. The van der Waals surface area contributed by atoms with E-state index in [0.29, 0.717) is 38.4 Å². The molecule has 0 atom stereocenters. The lowest BCUT2D eigenvalue weighted by atomic mass is 9.98. The molecule has 2 heterocycles. The highest BCUT2D eigenvalue weighted by Gasteiger charge is 2.19. The van der Waals surface area contributed by atoms with Gasteiger partial charge in [-0.3, -0.25) is 0 Å². The predicted octanol–water partition coefficient (Wildman–Crippen LogP) is 4.90. The van der Waals surface area contributed by atoms with Crippen LogP contribution in [0.4, 0.5) is 5.82 Å². The van der Waals surface area contributed by atoms with Gasteiger partial charge < -0.3 is 15.2 Å². The molecule has 0 amide bonds. The zero-order valence-corrected chi connectivity index (χ0v) is 14.8. The summed E-state index contributed by atoms with van der Waals surface area (Å²) in [5, 5.41) is 10.6. The first kappa shape index (κ1) is 16.5. The summed E-state index contributed by atoms with van der Waals surface area (Å²) < 4.78 is 10.8. The van der Waals surface area contributed by atoms with Crippen LogP contribution in [0.2, 0.25) is 10.0 Å². The maximum Gasteiger partial charge on any atom is 0.231 e. The summed E-state index contributed by atoms with van der Waals surface area (Å²) >= 11 is 12.4. The Kier molecular flexibility index (Phi) is 4.08. The van der Waals surface area contributed by atoms with Crippen LogP contribution >= 0.6 is 23.2 Å². The first-order valence-corrected chi connectivity index (χ1v) is 8.38. The molecule has 2 aromatic carbocycles. The third-order valence-electron chi connectivity index (χ3n) is 4.05. The third kappa shape index (κ3) is 2.80. The highest BCUT2D eigenvalue weighted by molar-refractivity contribution is 6.35. The molecule has 7 heteroatoms. The molecule has 5 nitrogen and oxygen atoms in total. The largest absolute Gasteiger partial charge is 0.454 e. The number of rotatable bonds is 2. The van der Waals surface area contributed by atoms with Gasteiger partial charge in [0, 0.05) is 16.1 Å². The Hall–Kier alpha value is -2.94. The maximum absolute atomic E-state index is 9.54. The van der Waals surface area contributed by atoms with Gasteiger partial charge in [-0.05, 0) is 42.0 Å². The molecule has 128 valence electrons. The van der Waals surface area contributed by atoms with Crippen LogP contribution in [0.25, 0.3) is 22.4 Å². The van der Waals surface area contributed by atoms with E-state index in [0.717, 1.165) is 5.56 Å². The number of aromatic nitrogens is 1. The maximum atomic E-state index is 9.54. The highest BCUT2D eigenvalue weighted by atomic mass is 35.5. The second-order valence-electron chi connectivity index (χ2n) is 5.62. The smallest absolute Gasteiger partial charge is 0.231 e. The fourth-order valence-electron chi connectivity index (χ4n) is 2.81. The SMILES string of the molecule is N#Cc1c(-c2ccc3c(c2)OCO3)cc(-c2cc(Cl)ccc2Cl)nc1N. The van der Waals surface area contributed by atoms with Crippen LogP contribution in [0.1, 0.15) is 5.56 Å². The van der Waals surface area contributed by atoms with Crippen molar-refractivity contribution in [2.24, 2.45) is 0 Å². The monoisotopic (exact) mass is 383 g/mol. The molecule has 26 heavy (non-hydrogen) atoms. The summed E-state index contributed by atoms with van der Waals surface area (Å²) in [6.45, 7) is 0.172. The van der Waals surface area contributed by atoms with Crippen molar-refractivity contribution in [3.63, 3.8) is 0 Å². The summed E-state index contributed by atoms with van der Waals surface area (Å²) in [6, 6.07) is 14.4. The van der Waals surface area contributed by atoms with E-state index in [1.807, 2.05) is 6.07 Å². The number of nitrogens with zero attached hydrogens (tertiary/aromatic N) is 2. The Morgan fingerprint density at radius 3 is 2.62 bits per heavy atom. The number of benzene rings is 2. The normalized spacial score (nSPS) is 12.0. The summed E-state index contributed by atoms with van der Waals surface area (Å²) in [5.41, 5.74) is 8.88. The van der Waals surface area contributed by atoms with Crippen LogP contribution in [-0.4, -0.2) is 11.8 Å². The van der Waals surface area contributed by atoms with E-state index in [1.165, 1.54) is 0 Å². The van der Waals surface area contributed by atoms with Crippen molar-refractivity contribution < 1.29 is 9.47 Å². The summed E-state index contributed by atoms with van der Waals surface area (Å²) in [6.07, 6.45) is 0. The molecule has 2 N–H and O–H groups in total. The van der Waals surface area contributed by atoms with Gasteiger partial charge in [0.05, 0.1) is 10.7 Å². The first-order valence-electron chi connectivity index (χ1n) is 7.63. The average Bonchev–Trinajstić information content (AvgIpc) is 3.10. The lowest BCUT2D eigenvalue weighted by Crippen LogP contribution is -2.00. The molecule has 0 fully saturated rings. The molecule has 1 aliphatic rings. The fourth-order valence-corrected chi connectivity index (χ4v) is 3.19. The Morgan fingerprint density at radius 1 is 1.00 bits per heavy atom. The van der Waals surface area contributed by atoms with Crippen LogP contribution in [0.15, 0.2) is 42.5 Å². The van der Waals surface area contributed by atoms with Crippen LogP contribution < -0.4 is 15.2 Å². The third-order valence-corrected chi connectivity index (χ3v) is 4.61. The Bertz CT molecular complexity index is 1080. The molecule has 1 aromatic heterocycles. The lowest BCUT2D eigenvalue weighted by molar-refractivity contribution is 0.174. The quantitative estimate of drug-likeness (QED) is 0.679. The Morgan fingerprint density at radius 2 is 1.81 bits per heavy atom. The van der Waals surface area contributed by atoms with Gasteiger partial charge in [0.1, 0.15) is 17.5 Å². The van der Waals surface area contributed by atoms with Crippen molar-refractivity contribution in [2.75, 3.05) is 12.5 Å². The molecule has 4 rings (SSSR count). The first-order chi connectivity index (χ1) is 12.6. The van der Waals surface area contributed by atoms with Crippen LogP contribution in [-0.2, 0) is 0 Å². The van der Waals surface area contributed by atoms with E-state index >= 15 is 0 Å². The molecule has 0 unspecified atom stereocenters. The van der Waals surface area contributed by atoms with Crippen molar-refractivity contribution >= 4 is 29.0 Å². The molecule has 3 aromatic rings. The van der Waals surface area contributed by atoms with Crippen LogP contribution in [0.5, 0.6) is 11.5 Å². The Labute approximate surface area is 159 Å². The molecule has 0 aliphatic carbocycles. The Balaban J connectivity index is 1.93. The van der Waals surface area contributed by atoms with Crippen molar-refractivity contribution in [2.45, 2.75) is 0 Å². The van der Waals surface area contributed by atoms with Gasteiger partial charge in [-0.1, -0.05) is 29.3 Å². The average molecular weight is 384 g/mol. The van der Waals surface area contributed by atoms with Gasteiger partial charge in [0.15, 0.2) is 11.5 Å². The summed E-state index contributed by atoms with van der Waals surface area (Å²) in [5.74, 6) is 1.39. The minimum atomic E-state index is 0.119. The van der Waals surface area contributed by atoms with Gasteiger partial charge in [0.25, 0.3) is 0 Å². The minimum absolute atomic E-state index is 0.119. The zero-order valence-electron chi connectivity index (χ0n) is 13.3. The number of fused-ring (bicyclic) bond motifs is 1. The zero-order chi connectivity index (χ0) is 18.3. The van der Waals surface area contributed by atoms with Gasteiger partial charge in [-0.15, -0.1) is 0 Å². The number of halogens is 2. The van der Waals surface area contributed by atoms with E-state index < -0.39 is 0 Å². The molecular formula is C19H11Cl2N3O2. The number of nitriles is 1. The van der Waals surface area contributed by atoms with E-state index in [4.69, 9.17) is 38.4 Å². The fraction of sp³-hybridized carbons (Fsp3) is 0.0526. The van der Waals surface area contributed by atoms with Gasteiger partial charge >= 0.3 is 0 Å². The number of pyridine rings is 1. The van der Waals surface area contributed by atoms with Crippen molar-refractivity contribution in [3.8, 4) is 40.0 Å². The van der Waals surface area contributed by atoms with Crippen LogP contribution in [0, 0.1) is 11.3 Å². The number of hydrogen-bond acceptors (Lipinski definition) is 5. The van der Waals surface area contributed by atoms with Crippen molar-refractivity contribution in [3.05, 3.63) is 58.1 Å². The molecular weight excluding hydrogens is 373 g/mol. The minimum Gasteiger partial charge on any atom is -0.454 e. The number of ether oxygens (including phenoxy) is 2. The lowest BCUT2D eigenvalue weighted by Gasteiger charge is -2.12.